The first kappa shape index (κ1) is 17.8. The number of terminal acetylenes is 1. The van der Waals surface area contributed by atoms with Gasteiger partial charge in [-0.1, -0.05) is 37.3 Å². The van der Waals surface area contributed by atoms with Crippen molar-refractivity contribution in [3.63, 3.8) is 0 Å². The standard InChI is InChI=1S/C21H22N2O3/c1-2-17(15-11-12-18(24)19(25)14-15)21(26)23(16-8-4-3-5-9-16)20-10-6-7-13-22-20/h1,6-7,10-14,16-17,24-25H,3-5,8-9H2. The van der Waals surface area contributed by atoms with Crippen LogP contribution >= 0.6 is 0 Å². The zero-order valence-corrected chi connectivity index (χ0v) is 14.5. The highest BCUT2D eigenvalue weighted by molar-refractivity contribution is 6.00. The van der Waals surface area contributed by atoms with E-state index in [4.69, 9.17) is 6.42 Å². The lowest BCUT2D eigenvalue weighted by atomic mass is 9.91. The smallest absolute Gasteiger partial charge is 0.248 e. The van der Waals surface area contributed by atoms with Crippen molar-refractivity contribution in [2.24, 2.45) is 0 Å². The summed E-state index contributed by atoms with van der Waals surface area (Å²) in [5.41, 5.74) is 0.476. The molecule has 1 fully saturated rings. The van der Waals surface area contributed by atoms with Crippen molar-refractivity contribution in [3.05, 3.63) is 48.2 Å². The van der Waals surface area contributed by atoms with E-state index in [1.54, 1.807) is 17.2 Å². The SMILES string of the molecule is C#CC(C(=O)N(c1ccccn1)C1CCCCC1)c1ccc(O)c(O)c1. The number of nitrogens with zero attached hydrogens (tertiary/aromatic N) is 2. The Hall–Kier alpha value is -3.00. The van der Waals surface area contributed by atoms with Crippen LogP contribution in [0.25, 0.3) is 0 Å². The lowest BCUT2D eigenvalue weighted by Gasteiger charge is -2.35. The normalized spacial score (nSPS) is 15.8. The van der Waals surface area contributed by atoms with Crippen LogP contribution in [0.2, 0.25) is 0 Å². The number of phenols is 2. The second-order valence-corrected chi connectivity index (χ2v) is 6.54. The Bertz CT molecular complexity index is 808. The van der Waals surface area contributed by atoms with Crippen LogP contribution in [-0.4, -0.2) is 27.1 Å². The van der Waals surface area contributed by atoms with E-state index in [9.17, 15) is 15.0 Å². The maximum absolute atomic E-state index is 13.4. The summed E-state index contributed by atoms with van der Waals surface area (Å²) in [5, 5.41) is 19.3. The molecule has 1 atom stereocenters. The lowest BCUT2D eigenvalue weighted by molar-refractivity contribution is -0.119. The van der Waals surface area contributed by atoms with E-state index in [1.807, 2.05) is 18.2 Å². The van der Waals surface area contributed by atoms with Gasteiger partial charge in [0, 0.05) is 12.2 Å². The highest BCUT2D eigenvalue weighted by Crippen LogP contribution is 2.32. The van der Waals surface area contributed by atoms with Gasteiger partial charge in [0.15, 0.2) is 11.5 Å². The Morgan fingerprint density at radius 3 is 2.54 bits per heavy atom. The van der Waals surface area contributed by atoms with E-state index in [0.717, 1.165) is 25.7 Å². The van der Waals surface area contributed by atoms with Crippen LogP contribution in [0.5, 0.6) is 11.5 Å². The molecule has 26 heavy (non-hydrogen) atoms. The average molecular weight is 350 g/mol. The number of carbonyl (C=O) groups is 1. The zero-order chi connectivity index (χ0) is 18.5. The molecule has 0 spiro atoms. The van der Waals surface area contributed by atoms with Crippen molar-refractivity contribution in [2.75, 3.05) is 4.90 Å². The van der Waals surface area contributed by atoms with E-state index in [1.165, 1.54) is 18.6 Å². The van der Waals surface area contributed by atoms with Crippen LogP contribution in [0.4, 0.5) is 5.82 Å². The number of hydrogen-bond acceptors (Lipinski definition) is 4. The van der Waals surface area contributed by atoms with Crippen LogP contribution in [-0.2, 0) is 4.79 Å². The first-order valence-electron chi connectivity index (χ1n) is 8.84. The number of rotatable bonds is 4. The average Bonchev–Trinajstić information content (AvgIpc) is 2.67. The maximum atomic E-state index is 13.4. The topological polar surface area (TPSA) is 73.7 Å². The highest BCUT2D eigenvalue weighted by atomic mass is 16.3. The number of aromatic nitrogens is 1. The van der Waals surface area contributed by atoms with Gasteiger partial charge >= 0.3 is 0 Å². The van der Waals surface area contributed by atoms with Gasteiger partial charge in [0.05, 0.1) is 0 Å². The van der Waals surface area contributed by atoms with E-state index >= 15 is 0 Å². The molecule has 1 unspecified atom stereocenters. The Labute approximate surface area is 153 Å². The molecular formula is C21H22N2O3. The van der Waals surface area contributed by atoms with Crippen molar-refractivity contribution < 1.29 is 15.0 Å². The molecule has 2 N–H and O–H groups in total. The monoisotopic (exact) mass is 350 g/mol. The summed E-state index contributed by atoms with van der Waals surface area (Å²) in [6.45, 7) is 0. The Kier molecular flexibility index (Phi) is 5.43. The van der Waals surface area contributed by atoms with Crippen molar-refractivity contribution in [3.8, 4) is 23.8 Å². The van der Waals surface area contributed by atoms with Gasteiger partial charge in [0.25, 0.3) is 0 Å². The minimum atomic E-state index is -0.856. The number of pyridine rings is 1. The molecule has 2 aromatic rings. The Balaban J connectivity index is 1.97. The van der Waals surface area contributed by atoms with Crippen molar-refractivity contribution in [1.82, 2.24) is 4.98 Å². The minimum absolute atomic E-state index is 0.0627. The van der Waals surface area contributed by atoms with Crippen molar-refractivity contribution >= 4 is 11.7 Å². The number of phenolic OH excluding ortho intramolecular Hbond substituents is 2. The minimum Gasteiger partial charge on any atom is -0.504 e. The Morgan fingerprint density at radius 2 is 1.92 bits per heavy atom. The third-order valence-corrected chi connectivity index (χ3v) is 4.82. The second-order valence-electron chi connectivity index (χ2n) is 6.54. The molecule has 1 aliphatic carbocycles. The van der Waals surface area contributed by atoms with Gasteiger partial charge in [-0.15, -0.1) is 6.42 Å². The van der Waals surface area contributed by atoms with Crippen LogP contribution in [0.3, 0.4) is 0 Å². The summed E-state index contributed by atoms with van der Waals surface area (Å²) >= 11 is 0. The largest absolute Gasteiger partial charge is 0.504 e. The highest BCUT2D eigenvalue weighted by Gasteiger charge is 2.32. The summed E-state index contributed by atoms with van der Waals surface area (Å²) < 4.78 is 0. The number of benzene rings is 1. The quantitative estimate of drug-likeness (QED) is 0.653. The summed E-state index contributed by atoms with van der Waals surface area (Å²) in [5.74, 6) is 1.51. The predicted octanol–water partition coefficient (Wildman–Crippen LogP) is 3.58. The molecule has 1 amide bonds. The molecule has 3 rings (SSSR count). The number of anilines is 1. The number of aromatic hydroxyl groups is 2. The van der Waals surface area contributed by atoms with Crippen molar-refractivity contribution in [2.45, 2.75) is 44.1 Å². The van der Waals surface area contributed by atoms with Crippen LogP contribution in [0.1, 0.15) is 43.6 Å². The van der Waals surface area contributed by atoms with E-state index in [0.29, 0.717) is 11.4 Å². The molecular weight excluding hydrogens is 328 g/mol. The van der Waals surface area contributed by atoms with Crippen molar-refractivity contribution in [1.29, 1.82) is 0 Å². The molecule has 0 bridgehead atoms. The van der Waals surface area contributed by atoms with Crippen LogP contribution in [0.15, 0.2) is 42.6 Å². The molecule has 1 saturated carbocycles. The van der Waals surface area contributed by atoms with Gasteiger partial charge in [0.2, 0.25) is 5.91 Å². The van der Waals surface area contributed by atoms with Gasteiger partial charge in [0.1, 0.15) is 11.7 Å². The van der Waals surface area contributed by atoms with Gasteiger partial charge in [-0.2, -0.15) is 0 Å². The molecule has 0 saturated heterocycles. The fourth-order valence-electron chi connectivity index (χ4n) is 3.48. The van der Waals surface area contributed by atoms with Gasteiger partial charge in [-0.3, -0.25) is 9.69 Å². The van der Waals surface area contributed by atoms with Gasteiger partial charge < -0.3 is 10.2 Å². The van der Waals surface area contributed by atoms with Crippen LogP contribution < -0.4 is 4.90 Å². The molecule has 5 heteroatoms. The van der Waals surface area contributed by atoms with E-state index in [-0.39, 0.29) is 23.4 Å². The third kappa shape index (κ3) is 3.65. The second kappa shape index (κ2) is 7.92. The first-order chi connectivity index (χ1) is 12.6. The number of hydrogen-bond donors (Lipinski definition) is 2. The number of carbonyl (C=O) groups excluding carboxylic acids is 1. The van der Waals surface area contributed by atoms with E-state index in [2.05, 4.69) is 10.9 Å². The molecule has 5 nitrogen and oxygen atoms in total. The molecule has 1 aromatic heterocycles. The molecule has 1 aromatic carbocycles. The molecule has 1 aliphatic rings. The molecule has 0 aliphatic heterocycles. The predicted molar refractivity (Wildman–Crippen MR) is 99.9 cm³/mol. The molecule has 0 radical (unpaired) electrons. The van der Waals surface area contributed by atoms with Crippen LogP contribution in [0, 0.1) is 12.3 Å². The summed E-state index contributed by atoms with van der Waals surface area (Å²) in [7, 11) is 0. The molecule has 1 heterocycles. The first-order valence-corrected chi connectivity index (χ1v) is 8.84. The van der Waals surface area contributed by atoms with Gasteiger partial charge in [-0.25, -0.2) is 4.98 Å². The summed E-state index contributed by atoms with van der Waals surface area (Å²) in [6, 6.07) is 9.78. The van der Waals surface area contributed by atoms with Gasteiger partial charge in [-0.05, 0) is 42.7 Å². The molecule has 134 valence electrons. The maximum Gasteiger partial charge on any atom is 0.248 e. The summed E-state index contributed by atoms with van der Waals surface area (Å²) in [4.78, 5) is 19.5. The van der Waals surface area contributed by atoms with E-state index < -0.39 is 5.92 Å². The lowest BCUT2D eigenvalue weighted by Crippen LogP contribution is -2.44. The zero-order valence-electron chi connectivity index (χ0n) is 14.5. The number of amides is 1. The fourth-order valence-corrected chi connectivity index (χ4v) is 3.48. The third-order valence-electron chi connectivity index (χ3n) is 4.82. The fraction of sp³-hybridized carbons (Fsp3) is 0.333. The Morgan fingerprint density at radius 1 is 1.15 bits per heavy atom. The summed E-state index contributed by atoms with van der Waals surface area (Å²) in [6.07, 6.45) is 12.5.